The van der Waals surface area contributed by atoms with Gasteiger partial charge in [0.2, 0.25) is 0 Å². The number of hydrogen-bond donors (Lipinski definition) is 2. The highest BCUT2D eigenvalue weighted by Crippen LogP contribution is 2.14. The van der Waals surface area contributed by atoms with E-state index in [9.17, 15) is 0 Å². The SMILES string of the molecule is CN1CCSCC1/C(N)=N/O. The highest BCUT2D eigenvalue weighted by atomic mass is 32.2. The third kappa shape index (κ3) is 2.00. The molecule has 1 atom stereocenters. The lowest BCUT2D eigenvalue weighted by Crippen LogP contribution is -2.47. The van der Waals surface area contributed by atoms with Crippen molar-refractivity contribution in [2.75, 3.05) is 25.1 Å². The van der Waals surface area contributed by atoms with Gasteiger partial charge in [-0.1, -0.05) is 5.16 Å². The molecule has 0 spiro atoms. The zero-order chi connectivity index (χ0) is 8.27. The molecule has 1 aliphatic rings. The van der Waals surface area contributed by atoms with E-state index in [4.69, 9.17) is 10.9 Å². The molecule has 0 amide bonds. The van der Waals surface area contributed by atoms with Crippen molar-refractivity contribution in [1.82, 2.24) is 4.90 Å². The molecule has 64 valence electrons. The van der Waals surface area contributed by atoms with Crippen LogP contribution in [0.1, 0.15) is 0 Å². The average molecular weight is 175 g/mol. The number of nitrogens with two attached hydrogens (primary N) is 1. The van der Waals surface area contributed by atoms with Crippen molar-refractivity contribution in [3.05, 3.63) is 0 Å². The van der Waals surface area contributed by atoms with Gasteiger partial charge in [-0.15, -0.1) is 0 Å². The quantitative estimate of drug-likeness (QED) is 0.250. The van der Waals surface area contributed by atoms with Crippen LogP contribution in [0.4, 0.5) is 0 Å². The molecule has 1 fully saturated rings. The lowest BCUT2D eigenvalue weighted by atomic mass is 10.3. The number of thioether (sulfide) groups is 1. The zero-order valence-electron chi connectivity index (χ0n) is 6.53. The third-order valence-corrected chi connectivity index (χ3v) is 2.88. The maximum atomic E-state index is 8.43. The number of amidine groups is 1. The molecule has 1 aliphatic heterocycles. The minimum Gasteiger partial charge on any atom is -0.409 e. The van der Waals surface area contributed by atoms with E-state index >= 15 is 0 Å². The normalized spacial score (nSPS) is 28.8. The van der Waals surface area contributed by atoms with Crippen molar-refractivity contribution < 1.29 is 5.21 Å². The predicted octanol–water partition coefficient (Wildman–Crippen LogP) is -0.220. The van der Waals surface area contributed by atoms with Gasteiger partial charge in [-0.05, 0) is 7.05 Å². The molecule has 0 radical (unpaired) electrons. The Morgan fingerprint density at radius 1 is 1.82 bits per heavy atom. The Balaban J connectivity index is 2.54. The van der Waals surface area contributed by atoms with E-state index in [1.807, 2.05) is 18.8 Å². The molecule has 1 saturated heterocycles. The molecule has 1 unspecified atom stereocenters. The Bertz CT molecular complexity index is 162. The molecular formula is C6H13N3OS. The molecule has 11 heavy (non-hydrogen) atoms. The second-order valence-electron chi connectivity index (χ2n) is 2.60. The van der Waals surface area contributed by atoms with Gasteiger partial charge in [0.25, 0.3) is 0 Å². The maximum Gasteiger partial charge on any atom is 0.157 e. The summed E-state index contributed by atoms with van der Waals surface area (Å²) in [6, 6.07) is 0.110. The summed E-state index contributed by atoms with van der Waals surface area (Å²) in [6.45, 7) is 1.01. The fourth-order valence-corrected chi connectivity index (χ4v) is 2.30. The van der Waals surface area contributed by atoms with Gasteiger partial charge >= 0.3 is 0 Å². The van der Waals surface area contributed by atoms with Crippen molar-refractivity contribution in [2.24, 2.45) is 10.9 Å². The minimum atomic E-state index is 0.110. The first kappa shape index (κ1) is 8.67. The first-order valence-corrected chi connectivity index (χ1v) is 4.66. The summed E-state index contributed by atoms with van der Waals surface area (Å²) in [5.41, 5.74) is 5.48. The van der Waals surface area contributed by atoms with Gasteiger partial charge in [0.1, 0.15) is 0 Å². The topological polar surface area (TPSA) is 61.8 Å². The van der Waals surface area contributed by atoms with Crippen LogP contribution in [0, 0.1) is 0 Å². The molecule has 0 aromatic rings. The Labute approximate surface area is 70.4 Å². The second kappa shape index (κ2) is 3.82. The smallest absolute Gasteiger partial charge is 0.157 e. The van der Waals surface area contributed by atoms with E-state index in [-0.39, 0.29) is 6.04 Å². The van der Waals surface area contributed by atoms with Crippen LogP contribution >= 0.6 is 11.8 Å². The Kier molecular flexibility index (Phi) is 3.02. The number of nitrogens with zero attached hydrogens (tertiary/aromatic N) is 2. The lowest BCUT2D eigenvalue weighted by molar-refractivity contribution is 0.291. The van der Waals surface area contributed by atoms with E-state index in [1.54, 1.807) is 0 Å². The van der Waals surface area contributed by atoms with Gasteiger partial charge in [0, 0.05) is 18.1 Å². The lowest BCUT2D eigenvalue weighted by Gasteiger charge is -2.30. The number of oxime groups is 1. The molecule has 0 aromatic heterocycles. The van der Waals surface area contributed by atoms with E-state index < -0.39 is 0 Å². The van der Waals surface area contributed by atoms with Gasteiger partial charge in [0.05, 0.1) is 6.04 Å². The fraction of sp³-hybridized carbons (Fsp3) is 0.833. The van der Waals surface area contributed by atoms with E-state index in [0.717, 1.165) is 18.1 Å². The fourth-order valence-electron chi connectivity index (χ4n) is 1.06. The standard InChI is InChI=1S/C6H13N3OS/c1-9-2-3-11-4-5(9)6(7)8-10/h5,10H,2-4H2,1H3,(H2,7,8). The Morgan fingerprint density at radius 2 is 2.55 bits per heavy atom. The second-order valence-corrected chi connectivity index (χ2v) is 3.75. The van der Waals surface area contributed by atoms with Gasteiger partial charge in [0.15, 0.2) is 5.84 Å². The van der Waals surface area contributed by atoms with E-state index in [0.29, 0.717) is 5.84 Å². The van der Waals surface area contributed by atoms with Crippen LogP contribution in [-0.2, 0) is 0 Å². The van der Waals surface area contributed by atoms with Gasteiger partial charge < -0.3 is 10.9 Å². The molecule has 3 N–H and O–H groups in total. The van der Waals surface area contributed by atoms with Crippen LogP contribution in [0.2, 0.25) is 0 Å². The molecule has 0 bridgehead atoms. The molecule has 4 nitrogen and oxygen atoms in total. The summed E-state index contributed by atoms with van der Waals surface area (Å²) >= 11 is 1.84. The molecular weight excluding hydrogens is 162 g/mol. The van der Waals surface area contributed by atoms with Gasteiger partial charge in [-0.2, -0.15) is 11.8 Å². The Hall–Kier alpha value is -0.420. The molecule has 1 heterocycles. The molecule has 0 aliphatic carbocycles. The first-order chi connectivity index (χ1) is 5.25. The molecule has 0 saturated carbocycles. The first-order valence-electron chi connectivity index (χ1n) is 3.51. The summed E-state index contributed by atoms with van der Waals surface area (Å²) in [7, 11) is 1.99. The van der Waals surface area contributed by atoms with Gasteiger partial charge in [-0.3, -0.25) is 4.90 Å². The Morgan fingerprint density at radius 3 is 3.09 bits per heavy atom. The van der Waals surface area contributed by atoms with Crippen LogP contribution in [-0.4, -0.2) is 47.1 Å². The highest BCUT2D eigenvalue weighted by molar-refractivity contribution is 7.99. The third-order valence-electron chi connectivity index (χ3n) is 1.85. The average Bonchev–Trinajstić information content (AvgIpc) is 2.04. The summed E-state index contributed by atoms with van der Waals surface area (Å²) in [4.78, 5) is 2.10. The number of hydrogen-bond acceptors (Lipinski definition) is 4. The number of rotatable bonds is 1. The summed E-state index contributed by atoms with van der Waals surface area (Å²) in [5.74, 6) is 2.37. The molecule has 1 rings (SSSR count). The monoisotopic (exact) mass is 175 g/mol. The van der Waals surface area contributed by atoms with Crippen molar-refractivity contribution in [3.63, 3.8) is 0 Å². The van der Waals surface area contributed by atoms with Gasteiger partial charge in [-0.25, -0.2) is 0 Å². The van der Waals surface area contributed by atoms with E-state index in [2.05, 4.69) is 10.1 Å². The summed E-state index contributed by atoms with van der Waals surface area (Å²) < 4.78 is 0. The van der Waals surface area contributed by atoms with Crippen LogP contribution in [0.15, 0.2) is 5.16 Å². The maximum absolute atomic E-state index is 8.43. The number of likely N-dealkylation sites (N-methyl/N-ethyl adjacent to an activating group) is 1. The van der Waals surface area contributed by atoms with Crippen molar-refractivity contribution >= 4 is 17.6 Å². The predicted molar refractivity (Wildman–Crippen MR) is 47.2 cm³/mol. The van der Waals surface area contributed by atoms with Crippen LogP contribution in [0.5, 0.6) is 0 Å². The summed E-state index contributed by atoms with van der Waals surface area (Å²) in [5, 5.41) is 11.4. The van der Waals surface area contributed by atoms with Crippen LogP contribution < -0.4 is 5.73 Å². The van der Waals surface area contributed by atoms with Crippen molar-refractivity contribution in [3.8, 4) is 0 Å². The largest absolute Gasteiger partial charge is 0.409 e. The van der Waals surface area contributed by atoms with Crippen molar-refractivity contribution in [1.29, 1.82) is 0 Å². The zero-order valence-corrected chi connectivity index (χ0v) is 7.34. The summed E-state index contributed by atoms with van der Waals surface area (Å²) in [6.07, 6.45) is 0. The van der Waals surface area contributed by atoms with Crippen LogP contribution in [0.3, 0.4) is 0 Å². The molecule has 0 aromatic carbocycles. The molecule has 5 heteroatoms. The minimum absolute atomic E-state index is 0.110. The highest BCUT2D eigenvalue weighted by Gasteiger charge is 2.22. The van der Waals surface area contributed by atoms with Crippen molar-refractivity contribution in [2.45, 2.75) is 6.04 Å². The van der Waals surface area contributed by atoms with E-state index in [1.165, 1.54) is 0 Å². The van der Waals surface area contributed by atoms with Crippen LogP contribution in [0.25, 0.3) is 0 Å².